The number of aromatic nitrogens is 1. The number of halogens is 1. The molecule has 2 fully saturated rings. The van der Waals surface area contributed by atoms with Crippen LogP contribution in [-0.4, -0.2) is 54.7 Å². The Kier molecular flexibility index (Phi) is 3.82. The molecule has 0 aliphatic carbocycles. The molecule has 3 heterocycles. The Balaban J connectivity index is 1.58. The predicted octanol–water partition coefficient (Wildman–Crippen LogP) is 1.05. The lowest BCUT2D eigenvalue weighted by molar-refractivity contribution is -0.141. The molecule has 3 rings (SSSR count). The molecule has 1 aromatic rings. The molecule has 0 saturated carbocycles. The molecule has 0 N–H and O–H groups in total. The summed E-state index contributed by atoms with van der Waals surface area (Å²) in [5, 5.41) is 0. The second kappa shape index (κ2) is 5.75. The molecule has 0 aromatic carbocycles. The van der Waals surface area contributed by atoms with Gasteiger partial charge in [-0.05, 0) is 25.0 Å². The van der Waals surface area contributed by atoms with Crippen LogP contribution in [0.25, 0.3) is 0 Å². The lowest BCUT2D eigenvalue weighted by Gasteiger charge is -2.36. The predicted molar refractivity (Wildman–Crippen MR) is 72.0 cm³/mol. The van der Waals surface area contributed by atoms with Gasteiger partial charge in [0.2, 0.25) is 5.95 Å². The van der Waals surface area contributed by atoms with E-state index in [2.05, 4.69) is 4.98 Å². The van der Waals surface area contributed by atoms with Gasteiger partial charge in [-0.2, -0.15) is 4.39 Å². The number of piperazine rings is 1. The maximum absolute atomic E-state index is 13.1. The average Bonchev–Trinajstić information content (AvgIpc) is 3.01. The summed E-state index contributed by atoms with van der Waals surface area (Å²) in [4.78, 5) is 19.9. The fraction of sp³-hybridized carbons (Fsp3) is 0.571. The number of ether oxygens (including phenoxy) is 1. The molecule has 1 unspecified atom stereocenters. The zero-order valence-electron chi connectivity index (χ0n) is 11.3. The molecule has 5 nitrogen and oxygen atoms in total. The molecule has 0 spiro atoms. The summed E-state index contributed by atoms with van der Waals surface area (Å²) in [6.07, 6.45) is 1.53. The molecule has 2 saturated heterocycles. The molecular formula is C14H18FN3O2. The SMILES string of the molecule is O=C(C1CCCO1)N1CCN(c2cccc(F)n2)CC1. The van der Waals surface area contributed by atoms with E-state index in [1.54, 1.807) is 12.1 Å². The molecule has 6 heteroatoms. The fourth-order valence-corrected chi connectivity index (χ4v) is 2.71. The van der Waals surface area contributed by atoms with E-state index in [-0.39, 0.29) is 12.0 Å². The van der Waals surface area contributed by atoms with E-state index in [9.17, 15) is 9.18 Å². The van der Waals surface area contributed by atoms with Crippen molar-refractivity contribution in [3.63, 3.8) is 0 Å². The van der Waals surface area contributed by atoms with Gasteiger partial charge >= 0.3 is 0 Å². The fourth-order valence-electron chi connectivity index (χ4n) is 2.71. The third-order valence-electron chi connectivity index (χ3n) is 3.82. The first-order valence-electron chi connectivity index (χ1n) is 7.02. The van der Waals surface area contributed by atoms with Crippen LogP contribution in [0.5, 0.6) is 0 Å². The molecule has 108 valence electrons. The van der Waals surface area contributed by atoms with Crippen molar-refractivity contribution < 1.29 is 13.9 Å². The number of nitrogens with zero attached hydrogens (tertiary/aromatic N) is 3. The van der Waals surface area contributed by atoms with Crippen LogP contribution in [-0.2, 0) is 9.53 Å². The van der Waals surface area contributed by atoms with Gasteiger partial charge in [0, 0.05) is 32.8 Å². The van der Waals surface area contributed by atoms with Gasteiger partial charge in [-0.1, -0.05) is 6.07 Å². The Morgan fingerprint density at radius 3 is 2.75 bits per heavy atom. The van der Waals surface area contributed by atoms with Crippen molar-refractivity contribution in [2.75, 3.05) is 37.7 Å². The van der Waals surface area contributed by atoms with E-state index in [0.717, 1.165) is 12.8 Å². The lowest BCUT2D eigenvalue weighted by Crippen LogP contribution is -2.51. The number of hydrogen-bond acceptors (Lipinski definition) is 4. The summed E-state index contributed by atoms with van der Waals surface area (Å²) in [5.41, 5.74) is 0. The Labute approximate surface area is 117 Å². The maximum atomic E-state index is 13.1. The standard InChI is InChI=1S/C14H18FN3O2/c15-12-4-1-5-13(16-12)17-6-8-18(9-7-17)14(19)11-3-2-10-20-11/h1,4-5,11H,2-3,6-10H2. The van der Waals surface area contributed by atoms with Gasteiger partial charge in [-0.15, -0.1) is 0 Å². The quantitative estimate of drug-likeness (QED) is 0.759. The molecule has 2 aliphatic heterocycles. The highest BCUT2D eigenvalue weighted by atomic mass is 19.1. The number of hydrogen-bond donors (Lipinski definition) is 0. The van der Waals surface area contributed by atoms with Crippen LogP contribution in [0.3, 0.4) is 0 Å². The second-order valence-electron chi connectivity index (χ2n) is 5.13. The molecule has 0 bridgehead atoms. The third kappa shape index (κ3) is 2.75. The first-order valence-corrected chi connectivity index (χ1v) is 7.02. The monoisotopic (exact) mass is 279 g/mol. The third-order valence-corrected chi connectivity index (χ3v) is 3.82. The van der Waals surface area contributed by atoms with Crippen LogP contribution in [0, 0.1) is 5.95 Å². The van der Waals surface area contributed by atoms with E-state index in [1.807, 2.05) is 9.80 Å². The Morgan fingerprint density at radius 2 is 2.10 bits per heavy atom. The second-order valence-corrected chi connectivity index (χ2v) is 5.13. The summed E-state index contributed by atoms with van der Waals surface area (Å²) in [6, 6.07) is 4.78. The zero-order valence-corrected chi connectivity index (χ0v) is 11.3. The average molecular weight is 279 g/mol. The van der Waals surface area contributed by atoms with Crippen LogP contribution in [0.15, 0.2) is 18.2 Å². The number of amides is 1. The zero-order chi connectivity index (χ0) is 13.9. The normalized spacial score (nSPS) is 23.1. The van der Waals surface area contributed by atoms with Gasteiger partial charge in [-0.25, -0.2) is 4.98 Å². The number of pyridine rings is 1. The molecule has 2 aliphatic rings. The first kappa shape index (κ1) is 13.3. The van der Waals surface area contributed by atoms with Crippen LogP contribution in [0.2, 0.25) is 0 Å². The molecule has 20 heavy (non-hydrogen) atoms. The Morgan fingerprint density at radius 1 is 1.30 bits per heavy atom. The Hall–Kier alpha value is -1.69. The number of rotatable bonds is 2. The van der Waals surface area contributed by atoms with Gasteiger partial charge in [0.25, 0.3) is 5.91 Å². The summed E-state index contributed by atoms with van der Waals surface area (Å²) in [5.74, 6) is 0.254. The minimum atomic E-state index is -0.472. The van der Waals surface area contributed by atoms with Gasteiger partial charge in [0.1, 0.15) is 11.9 Å². The van der Waals surface area contributed by atoms with Crippen LogP contribution in [0.4, 0.5) is 10.2 Å². The molecular weight excluding hydrogens is 261 g/mol. The molecule has 1 aromatic heterocycles. The minimum absolute atomic E-state index is 0.0920. The van der Waals surface area contributed by atoms with E-state index in [4.69, 9.17) is 4.74 Å². The summed E-state index contributed by atoms with van der Waals surface area (Å²) >= 11 is 0. The van der Waals surface area contributed by atoms with Crippen molar-refractivity contribution in [3.05, 3.63) is 24.1 Å². The Bertz CT molecular complexity index is 483. The highest BCUT2D eigenvalue weighted by Crippen LogP contribution is 2.18. The van der Waals surface area contributed by atoms with Crippen LogP contribution in [0.1, 0.15) is 12.8 Å². The minimum Gasteiger partial charge on any atom is -0.368 e. The van der Waals surface area contributed by atoms with Crippen LogP contribution >= 0.6 is 0 Å². The van der Waals surface area contributed by atoms with E-state index < -0.39 is 5.95 Å². The van der Waals surface area contributed by atoms with Crippen molar-refractivity contribution in [2.24, 2.45) is 0 Å². The number of anilines is 1. The summed E-state index contributed by atoms with van der Waals surface area (Å²) in [6.45, 7) is 3.31. The first-order chi connectivity index (χ1) is 9.74. The van der Waals surface area contributed by atoms with Crippen molar-refractivity contribution in [1.29, 1.82) is 0 Å². The van der Waals surface area contributed by atoms with Gasteiger partial charge in [0.05, 0.1) is 0 Å². The van der Waals surface area contributed by atoms with Gasteiger partial charge in [-0.3, -0.25) is 4.79 Å². The van der Waals surface area contributed by atoms with E-state index in [1.165, 1.54) is 6.07 Å². The smallest absolute Gasteiger partial charge is 0.251 e. The lowest BCUT2D eigenvalue weighted by atomic mass is 10.2. The van der Waals surface area contributed by atoms with Crippen molar-refractivity contribution in [3.8, 4) is 0 Å². The summed E-state index contributed by atoms with van der Waals surface area (Å²) in [7, 11) is 0. The largest absolute Gasteiger partial charge is 0.368 e. The molecule has 1 amide bonds. The molecule has 0 radical (unpaired) electrons. The van der Waals surface area contributed by atoms with E-state index >= 15 is 0 Å². The maximum Gasteiger partial charge on any atom is 0.251 e. The number of carbonyl (C=O) groups is 1. The topological polar surface area (TPSA) is 45.7 Å². The van der Waals surface area contributed by atoms with Gasteiger partial charge in [0.15, 0.2) is 0 Å². The van der Waals surface area contributed by atoms with Crippen molar-refractivity contribution >= 4 is 11.7 Å². The molecule has 1 atom stereocenters. The van der Waals surface area contributed by atoms with Crippen LogP contribution < -0.4 is 4.90 Å². The van der Waals surface area contributed by atoms with Crippen molar-refractivity contribution in [1.82, 2.24) is 9.88 Å². The highest BCUT2D eigenvalue weighted by Gasteiger charge is 2.30. The summed E-state index contributed by atoms with van der Waals surface area (Å²) < 4.78 is 18.5. The van der Waals surface area contributed by atoms with Crippen molar-refractivity contribution in [2.45, 2.75) is 18.9 Å². The highest BCUT2D eigenvalue weighted by molar-refractivity contribution is 5.81. The number of carbonyl (C=O) groups excluding carboxylic acids is 1. The van der Waals surface area contributed by atoms with Gasteiger partial charge < -0.3 is 14.5 Å². The van der Waals surface area contributed by atoms with E-state index in [0.29, 0.717) is 38.6 Å².